The molecule has 6 N–H and O–H groups in total. The predicted octanol–water partition coefficient (Wildman–Crippen LogP) is -2.09. The highest BCUT2D eigenvalue weighted by Crippen LogP contribution is 2.30. The Labute approximate surface area is 197 Å². The van der Waals surface area contributed by atoms with Gasteiger partial charge in [-0.2, -0.15) is 0 Å². The summed E-state index contributed by atoms with van der Waals surface area (Å²) in [6, 6.07) is 5.37. The molecule has 10 atom stereocenters. The van der Waals surface area contributed by atoms with Crippen LogP contribution in [-0.4, -0.2) is 119 Å². The van der Waals surface area contributed by atoms with Gasteiger partial charge in [-0.3, -0.25) is 0 Å². The van der Waals surface area contributed by atoms with Crippen LogP contribution in [-0.2, 0) is 25.4 Å². The summed E-state index contributed by atoms with van der Waals surface area (Å²) in [5, 5.41) is 61.0. The molecule has 2 aliphatic rings. The number of ether oxygens (including phenoxy) is 6. The van der Waals surface area contributed by atoms with Crippen molar-refractivity contribution in [1.29, 1.82) is 0 Å². The van der Waals surface area contributed by atoms with Crippen molar-refractivity contribution in [3.63, 3.8) is 0 Å². The van der Waals surface area contributed by atoms with Crippen molar-refractivity contribution in [3.8, 4) is 11.5 Å². The average Bonchev–Trinajstić information content (AvgIpc) is 2.84. The minimum Gasteiger partial charge on any atom is -0.493 e. The molecule has 2 saturated heterocycles. The number of rotatable bonds is 9. The van der Waals surface area contributed by atoms with E-state index < -0.39 is 68.0 Å². The molecule has 3 rings (SSSR count). The van der Waals surface area contributed by atoms with E-state index in [1.54, 1.807) is 12.1 Å². The molecule has 12 heteroatoms. The molecule has 0 aliphatic carbocycles. The van der Waals surface area contributed by atoms with Gasteiger partial charge >= 0.3 is 0 Å². The van der Waals surface area contributed by atoms with Gasteiger partial charge in [0.05, 0.1) is 33.5 Å². The largest absolute Gasteiger partial charge is 0.493 e. The quantitative estimate of drug-likeness (QED) is 0.223. The lowest BCUT2D eigenvalue weighted by atomic mass is 9.97. The van der Waals surface area contributed by atoms with Gasteiger partial charge in [-0.25, -0.2) is 0 Å². The van der Waals surface area contributed by atoms with E-state index in [4.69, 9.17) is 28.4 Å². The van der Waals surface area contributed by atoms with Crippen LogP contribution in [0.2, 0.25) is 0 Å². The maximum atomic E-state index is 10.8. The normalized spacial score (nSPS) is 38.5. The number of hydrogen-bond donors (Lipinski definition) is 6. The second kappa shape index (κ2) is 11.9. The summed E-state index contributed by atoms with van der Waals surface area (Å²) in [7, 11) is 3.06. The highest BCUT2D eigenvalue weighted by molar-refractivity contribution is 5.42. The first kappa shape index (κ1) is 27.0. The molecule has 0 bridgehead atoms. The zero-order valence-electron chi connectivity index (χ0n) is 19.3. The SMILES string of the molecule is COc1ccc(CCO[C@@H]2O[C@H](CO)[C@@H](O)[C@H](O[C@@H]3O[C@@H](C)[C@H](O)[C@@H](O)[C@H]3O)[C@H]2O)cc1OC. The van der Waals surface area contributed by atoms with Crippen LogP contribution in [0.4, 0.5) is 0 Å². The van der Waals surface area contributed by atoms with Crippen LogP contribution in [0.5, 0.6) is 11.5 Å². The van der Waals surface area contributed by atoms with Gasteiger partial charge in [0.1, 0.15) is 42.7 Å². The third kappa shape index (κ3) is 5.79. The van der Waals surface area contributed by atoms with Gasteiger partial charge in [0.25, 0.3) is 0 Å². The Bertz CT molecular complexity index is 778. The zero-order valence-corrected chi connectivity index (χ0v) is 19.3. The molecule has 0 unspecified atom stereocenters. The van der Waals surface area contributed by atoms with Crippen LogP contribution in [0.25, 0.3) is 0 Å². The molecule has 1 aromatic rings. The third-order valence-electron chi connectivity index (χ3n) is 6.04. The zero-order chi connectivity index (χ0) is 25.0. The lowest BCUT2D eigenvalue weighted by molar-refractivity contribution is -0.357. The van der Waals surface area contributed by atoms with Gasteiger partial charge in [0.15, 0.2) is 24.1 Å². The summed E-state index contributed by atoms with van der Waals surface area (Å²) in [6.45, 7) is 1.00. The Morgan fingerprint density at radius 2 is 1.53 bits per heavy atom. The first-order valence-corrected chi connectivity index (χ1v) is 11.0. The summed E-state index contributed by atoms with van der Waals surface area (Å²) in [4.78, 5) is 0. The molecule has 0 spiro atoms. The standard InChI is InChI=1S/C22H34O12/c1-10-15(24)17(26)18(27)22(32-10)34-20-16(25)14(9-23)33-21(19(20)28)31-7-6-11-4-5-12(29-2)13(8-11)30-3/h4-5,8,10,14-28H,6-7,9H2,1-3H3/t10-,14+,15-,16+,17+,18+,19+,20-,21+,22-/m0/s1. The van der Waals surface area contributed by atoms with E-state index >= 15 is 0 Å². The van der Waals surface area contributed by atoms with E-state index in [9.17, 15) is 30.6 Å². The molecule has 2 fully saturated rings. The van der Waals surface area contributed by atoms with Gasteiger partial charge in [-0.05, 0) is 31.0 Å². The monoisotopic (exact) mass is 490 g/mol. The summed E-state index contributed by atoms with van der Waals surface area (Å²) in [6.07, 6.45) is -13.2. The Hall–Kier alpha value is -1.58. The van der Waals surface area contributed by atoms with Gasteiger partial charge in [-0.1, -0.05) is 6.07 Å². The van der Waals surface area contributed by atoms with Crippen LogP contribution in [0.15, 0.2) is 18.2 Å². The van der Waals surface area contributed by atoms with Crippen molar-refractivity contribution in [1.82, 2.24) is 0 Å². The van der Waals surface area contributed by atoms with Crippen molar-refractivity contribution in [3.05, 3.63) is 23.8 Å². The third-order valence-corrected chi connectivity index (χ3v) is 6.04. The molecule has 0 aromatic heterocycles. The van der Waals surface area contributed by atoms with Crippen LogP contribution >= 0.6 is 0 Å². The average molecular weight is 491 g/mol. The number of hydrogen-bond acceptors (Lipinski definition) is 12. The van der Waals surface area contributed by atoms with E-state index in [2.05, 4.69) is 0 Å². The molecule has 12 nitrogen and oxygen atoms in total. The lowest BCUT2D eigenvalue weighted by Crippen LogP contribution is -2.64. The molecular formula is C22H34O12. The summed E-state index contributed by atoms with van der Waals surface area (Å²) < 4.78 is 32.7. The Morgan fingerprint density at radius 3 is 2.18 bits per heavy atom. The number of methoxy groups -OCH3 is 2. The molecule has 0 amide bonds. The van der Waals surface area contributed by atoms with E-state index in [0.29, 0.717) is 17.9 Å². The molecule has 2 aliphatic heterocycles. The minimum absolute atomic E-state index is 0.114. The Balaban J connectivity index is 1.64. The van der Waals surface area contributed by atoms with Crippen molar-refractivity contribution in [2.45, 2.75) is 74.8 Å². The second-order valence-corrected chi connectivity index (χ2v) is 8.30. The number of aliphatic hydroxyl groups excluding tert-OH is 6. The Kier molecular flexibility index (Phi) is 9.46. The lowest BCUT2D eigenvalue weighted by Gasteiger charge is -2.45. The van der Waals surface area contributed by atoms with Crippen LogP contribution in [0, 0.1) is 0 Å². The maximum absolute atomic E-state index is 10.8. The van der Waals surface area contributed by atoms with Gasteiger partial charge in [0, 0.05) is 0 Å². The smallest absolute Gasteiger partial charge is 0.187 e. The van der Waals surface area contributed by atoms with Gasteiger partial charge in [0.2, 0.25) is 0 Å². The van der Waals surface area contributed by atoms with E-state index in [0.717, 1.165) is 5.56 Å². The number of benzene rings is 1. The molecule has 194 valence electrons. The van der Waals surface area contributed by atoms with E-state index in [1.165, 1.54) is 21.1 Å². The Morgan fingerprint density at radius 1 is 0.824 bits per heavy atom. The van der Waals surface area contributed by atoms with Crippen molar-refractivity contribution in [2.24, 2.45) is 0 Å². The number of aliphatic hydroxyl groups is 6. The fourth-order valence-electron chi connectivity index (χ4n) is 3.96. The fraction of sp³-hybridized carbons (Fsp3) is 0.727. The molecule has 2 heterocycles. The van der Waals surface area contributed by atoms with Gasteiger partial charge in [-0.15, -0.1) is 0 Å². The minimum atomic E-state index is -1.63. The molecule has 1 aromatic carbocycles. The van der Waals surface area contributed by atoms with Crippen LogP contribution in [0.3, 0.4) is 0 Å². The van der Waals surface area contributed by atoms with Gasteiger partial charge < -0.3 is 59.1 Å². The molecule has 0 radical (unpaired) electrons. The summed E-state index contributed by atoms with van der Waals surface area (Å²) in [5.74, 6) is 1.13. The predicted molar refractivity (Wildman–Crippen MR) is 114 cm³/mol. The second-order valence-electron chi connectivity index (χ2n) is 8.30. The molecule has 0 saturated carbocycles. The highest BCUT2D eigenvalue weighted by Gasteiger charge is 2.50. The summed E-state index contributed by atoms with van der Waals surface area (Å²) in [5.41, 5.74) is 0.870. The first-order valence-electron chi connectivity index (χ1n) is 11.0. The van der Waals surface area contributed by atoms with Crippen molar-refractivity contribution >= 4 is 0 Å². The highest BCUT2D eigenvalue weighted by atomic mass is 16.7. The first-order chi connectivity index (χ1) is 16.2. The van der Waals surface area contributed by atoms with Crippen LogP contribution < -0.4 is 9.47 Å². The van der Waals surface area contributed by atoms with E-state index in [1.807, 2.05) is 6.07 Å². The summed E-state index contributed by atoms with van der Waals surface area (Å²) >= 11 is 0. The van der Waals surface area contributed by atoms with Crippen molar-refractivity contribution in [2.75, 3.05) is 27.4 Å². The topological polar surface area (TPSA) is 177 Å². The van der Waals surface area contributed by atoms with E-state index in [-0.39, 0.29) is 6.61 Å². The van der Waals surface area contributed by atoms with Crippen molar-refractivity contribution < 1.29 is 59.1 Å². The van der Waals surface area contributed by atoms with Crippen LogP contribution in [0.1, 0.15) is 12.5 Å². The fourth-order valence-corrected chi connectivity index (χ4v) is 3.96. The molecular weight excluding hydrogens is 456 g/mol. The molecule has 34 heavy (non-hydrogen) atoms. The maximum Gasteiger partial charge on any atom is 0.187 e.